The van der Waals surface area contributed by atoms with Gasteiger partial charge in [-0.1, -0.05) is 6.07 Å². The van der Waals surface area contributed by atoms with Gasteiger partial charge in [0.2, 0.25) is 5.91 Å². The SMILES string of the molecule is COC(=O)c1ccc(NC(=O)CN(C)Cc2ccc(OC)c(F)c2)cc1. The Hall–Kier alpha value is -2.93. The Kier molecular flexibility index (Phi) is 6.68. The predicted octanol–water partition coefficient (Wildman–Crippen LogP) is 2.69. The van der Waals surface area contributed by atoms with E-state index in [-0.39, 0.29) is 18.2 Å². The van der Waals surface area contributed by atoms with E-state index in [0.717, 1.165) is 5.56 Å². The topological polar surface area (TPSA) is 67.9 Å². The number of rotatable bonds is 7. The minimum atomic E-state index is -0.437. The second-order valence-corrected chi connectivity index (χ2v) is 5.76. The molecule has 2 aromatic rings. The molecule has 0 unspecified atom stereocenters. The van der Waals surface area contributed by atoms with Crippen molar-refractivity contribution in [1.82, 2.24) is 4.90 Å². The van der Waals surface area contributed by atoms with Crippen molar-refractivity contribution in [1.29, 1.82) is 0 Å². The van der Waals surface area contributed by atoms with Crippen LogP contribution in [0.4, 0.5) is 10.1 Å². The highest BCUT2D eigenvalue weighted by molar-refractivity contribution is 5.93. The first-order valence-corrected chi connectivity index (χ1v) is 7.92. The van der Waals surface area contributed by atoms with Crippen LogP contribution in [-0.4, -0.2) is 44.6 Å². The van der Waals surface area contributed by atoms with E-state index in [1.807, 2.05) is 0 Å². The minimum absolute atomic E-state index is 0.131. The summed E-state index contributed by atoms with van der Waals surface area (Å²) in [5.41, 5.74) is 1.72. The van der Waals surface area contributed by atoms with Crippen molar-refractivity contribution in [2.45, 2.75) is 6.54 Å². The van der Waals surface area contributed by atoms with Crippen LogP contribution < -0.4 is 10.1 Å². The molecule has 6 nitrogen and oxygen atoms in total. The molecule has 26 heavy (non-hydrogen) atoms. The first-order chi connectivity index (χ1) is 12.4. The largest absolute Gasteiger partial charge is 0.494 e. The van der Waals surface area contributed by atoms with E-state index < -0.39 is 11.8 Å². The molecule has 2 aromatic carbocycles. The van der Waals surface area contributed by atoms with Gasteiger partial charge in [0.15, 0.2) is 11.6 Å². The lowest BCUT2D eigenvalue weighted by atomic mass is 10.2. The van der Waals surface area contributed by atoms with E-state index in [0.29, 0.717) is 17.8 Å². The molecular weight excluding hydrogens is 339 g/mol. The molecule has 138 valence electrons. The van der Waals surface area contributed by atoms with Crippen molar-refractivity contribution in [3.8, 4) is 5.75 Å². The van der Waals surface area contributed by atoms with E-state index in [1.54, 1.807) is 48.3 Å². The van der Waals surface area contributed by atoms with Crippen LogP contribution >= 0.6 is 0 Å². The fourth-order valence-electron chi connectivity index (χ4n) is 2.43. The Morgan fingerprint density at radius 1 is 1.12 bits per heavy atom. The number of ether oxygens (including phenoxy) is 2. The van der Waals surface area contributed by atoms with Gasteiger partial charge in [-0.25, -0.2) is 9.18 Å². The van der Waals surface area contributed by atoms with Crippen molar-refractivity contribution in [3.63, 3.8) is 0 Å². The van der Waals surface area contributed by atoms with Gasteiger partial charge in [0, 0.05) is 12.2 Å². The number of halogens is 1. The molecule has 0 saturated heterocycles. The summed E-state index contributed by atoms with van der Waals surface area (Å²) < 4.78 is 23.2. The molecule has 2 rings (SSSR count). The molecule has 1 N–H and O–H groups in total. The summed E-state index contributed by atoms with van der Waals surface area (Å²) in [6.45, 7) is 0.544. The van der Waals surface area contributed by atoms with E-state index in [4.69, 9.17) is 4.74 Å². The summed E-state index contributed by atoms with van der Waals surface area (Å²) in [6, 6.07) is 11.1. The summed E-state index contributed by atoms with van der Waals surface area (Å²) in [5.74, 6) is -0.903. The third kappa shape index (κ3) is 5.29. The summed E-state index contributed by atoms with van der Waals surface area (Å²) in [7, 11) is 4.48. The van der Waals surface area contributed by atoms with Gasteiger partial charge < -0.3 is 14.8 Å². The number of anilines is 1. The van der Waals surface area contributed by atoms with E-state index in [1.165, 1.54) is 20.3 Å². The van der Waals surface area contributed by atoms with E-state index in [9.17, 15) is 14.0 Å². The smallest absolute Gasteiger partial charge is 0.337 e. The van der Waals surface area contributed by atoms with Crippen molar-refractivity contribution in [2.24, 2.45) is 0 Å². The highest BCUT2D eigenvalue weighted by Gasteiger charge is 2.10. The molecule has 0 heterocycles. The lowest BCUT2D eigenvalue weighted by Crippen LogP contribution is -2.29. The van der Waals surface area contributed by atoms with Gasteiger partial charge in [-0.15, -0.1) is 0 Å². The molecule has 0 saturated carbocycles. The molecular formula is C19H21FN2O4. The number of esters is 1. The molecule has 0 spiro atoms. The quantitative estimate of drug-likeness (QED) is 0.769. The number of nitrogens with zero attached hydrogens (tertiary/aromatic N) is 1. The number of benzene rings is 2. The fourth-order valence-corrected chi connectivity index (χ4v) is 2.43. The number of hydrogen-bond donors (Lipinski definition) is 1. The third-order valence-electron chi connectivity index (χ3n) is 3.67. The molecule has 0 aliphatic heterocycles. The maximum absolute atomic E-state index is 13.7. The second-order valence-electron chi connectivity index (χ2n) is 5.76. The highest BCUT2D eigenvalue weighted by Crippen LogP contribution is 2.18. The Labute approximate surface area is 151 Å². The van der Waals surface area contributed by atoms with Crippen molar-refractivity contribution in [2.75, 3.05) is 33.1 Å². The lowest BCUT2D eigenvalue weighted by Gasteiger charge is -2.17. The normalized spacial score (nSPS) is 10.5. The standard InChI is InChI=1S/C19H21FN2O4/c1-22(11-13-4-9-17(25-2)16(20)10-13)12-18(23)21-15-7-5-14(6-8-15)19(24)26-3/h4-10H,11-12H2,1-3H3,(H,21,23). The summed E-state index contributed by atoms with van der Waals surface area (Å²) >= 11 is 0. The third-order valence-corrected chi connectivity index (χ3v) is 3.67. The van der Waals surface area contributed by atoms with Gasteiger partial charge >= 0.3 is 5.97 Å². The van der Waals surface area contributed by atoms with Crippen LogP contribution in [-0.2, 0) is 16.1 Å². The molecule has 7 heteroatoms. The highest BCUT2D eigenvalue weighted by atomic mass is 19.1. The number of nitrogens with one attached hydrogen (secondary N) is 1. The molecule has 0 bridgehead atoms. The monoisotopic (exact) mass is 360 g/mol. The van der Waals surface area contributed by atoms with Gasteiger partial charge in [-0.05, 0) is 49.0 Å². The van der Waals surface area contributed by atoms with Crippen molar-refractivity contribution in [3.05, 3.63) is 59.4 Å². The zero-order valence-electron chi connectivity index (χ0n) is 14.9. The van der Waals surface area contributed by atoms with Crippen LogP contribution in [0.15, 0.2) is 42.5 Å². The molecule has 0 aliphatic rings. The maximum Gasteiger partial charge on any atom is 0.337 e. The Morgan fingerprint density at radius 2 is 1.81 bits per heavy atom. The number of carbonyl (C=O) groups is 2. The van der Waals surface area contributed by atoms with Crippen LogP contribution in [0.3, 0.4) is 0 Å². The van der Waals surface area contributed by atoms with Crippen LogP contribution in [0.25, 0.3) is 0 Å². The van der Waals surface area contributed by atoms with Crippen LogP contribution in [0, 0.1) is 5.82 Å². The van der Waals surface area contributed by atoms with Gasteiger partial charge in [-0.2, -0.15) is 0 Å². The van der Waals surface area contributed by atoms with Crippen molar-refractivity contribution >= 4 is 17.6 Å². The van der Waals surface area contributed by atoms with E-state index in [2.05, 4.69) is 10.1 Å². The number of amides is 1. The lowest BCUT2D eigenvalue weighted by molar-refractivity contribution is -0.117. The van der Waals surface area contributed by atoms with Gasteiger partial charge in [0.05, 0.1) is 26.3 Å². The van der Waals surface area contributed by atoms with E-state index >= 15 is 0 Å². The van der Waals surface area contributed by atoms with Crippen LogP contribution in [0.5, 0.6) is 5.75 Å². The molecule has 0 atom stereocenters. The van der Waals surface area contributed by atoms with Crippen LogP contribution in [0.1, 0.15) is 15.9 Å². The Balaban J connectivity index is 1.88. The minimum Gasteiger partial charge on any atom is -0.494 e. The van der Waals surface area contributed by atoms with Crippen LogP contribution in [0.2, 0.25) is 0 Å². The molecule has 0 radical (unpaired) electrons. The zero-order valence-corrected chi connectivity index (χ0v) is 14.9. The number of methoxy groups -OCH3 is 2. The first-order valence-electron chi connectivity index (χ1n) is 7.92. The number of carbonyl (C=O) groups excluding carboxylic acids is 2. The fraction of sp³-hybridized carbons (Fsp3) is 0.263. The van der Waals surface area contributed by atoms with Gasteiger partial charge in [0.1, 0.15) is 0 Å². The summed E-state index contributed by atoms with van der Waals surface area (Å²) in [6.07, 6.45) is 0. The molecule has 1 amide bonds. The molecule has 0 fully saturated rings. The summed E-state index contributed by atoms with van der Waals surface area (Å²) in [4.78, 5) is 25.3. The molecule has 0 aliphatic carbocycles. The van der Waals surface area contributed by atoms with Crippen molar-refractivity contribution < 1.29 is 23.5 Å². The average molecular weight is 360 g/mol. The predicted molar refractivity (Wildman–Crippen MR) is 95.7 cm³/mol. The second kappa shape index (κ2) is 8.96. The first kappa shape index (κ1) is 19.4. The summed E-state index contributed by atoms with van der Waals surface area (Å²) in [5, 5.41) is 2.75. The maximum atomic E-state index is 13.7. The zero-order chi connectivity index (χ0) is 19.1. The Bertz CT molecular complexity index is 778. The Morgan fingerprint density at radius 3 is 2.38 bits per heavy atom. The van der Waals surface area contributed by atoms with Gasteiger partial charge in [-0.3, -0.25) is 9.69 Å². The van der Waals surface area contributed by atoms with Gasteiger partial charge in [0.25, 0.3) is 0 Å². The average Bonchev–Trinajstić information content (AvgIpc) is 2.61. The number of likely N-dealkylation sites (N-methyl/N-ethyl adjacent to an activating group) is 1. The number of hydrogen-bond acceptors (Lipinski definition) is 5. The molecule has 0 aromatic heterocycles.